The molecule has 2 aliphatic heterocycles. The Bertz CT molecular complexity index is 1400. The van der Waals surface area contributed by atoms with E-state index in [4.69, 9.17) is 19.6 Å². The topological polar surface area (TPSA) is 140 Å². The normalized spacial score (nSPS) is 15.5. The summed E-state index contributed by atoms with van der Waals surface area (Å²) in [5.41, 5.74) is 3.63. The first-order chi connectivity index (χ1) is 21.6. The van der Waals surface area contributed by atoms with Crippen LogP contribution in [0.25, 0.3) is 11.3 Å². The fraction of sp³-hybridized carbons (Fsp3) is 0.414. The fourth-order valence-electron chi connectivity index (χ4n) is 4.58. The van der Waals surface area contributed by atoms with Gasteiger partial charge in [-0.3, -0.25) is 19.5 Å². The number of amides is 2. The molecule has 3 N–H and O–H groups in total. The van der Waals surface area contributed by atoms with E-state index in [-0.39, 0.29) is 0 Å². The number of hydrogen-bond donors (Lipinski definition) is 3. The Morgan fingerprint density at radius 1 is 0.911 bits per heavy atom. The molecule has 2 aromatic heterocycles. The summed E-state index contributed by atoms with van der Waals surface area (Å²) in [5.74, 6) is -4.04. The van der Waals surface area contributed by atoms with Crippen molar-refractivity contribution in [2.75, 3.05) is 80.7 Å². The van der Waals surface area contributed by atoms with E-state index in [9.17, 15) is 22.8 Å². The first kappa shape index (κ1) is 33.6. The summed E-state index contributed by atoms with van der Waals surface area (Å²) < 4.78 is 37.1. The minimum atomic E-state index is -5.08. The van der Waals surface area contributed by atoms with Gasteiger partial charge in [-0.2, -0.15) is 13.2 Å². The lowest BCUT2D eigenvalue weighted by atomic mass is 10.1. The Morgan fingerprint density at radius 2 is 1.56 bits per heavy atom. The van der Waals surface area contributed by atoms with Crippen LogP contribution in [0.2, 0.25) is 0 Å². The molecule has 0 atom stereocenters. The quantitative estimate of drug-likeness (QED) is 0.247. The van der Waals surface area contributed by atoms with Crippen LogP contribution >= 0.6 is 11.3 Å². The SMILES string of the molecule is O=C(NCCCN1CCN(c2ccncc2)CC1)C(=O)Nc1ccc(-c2csc(N3CCOCC3)n2)cc1.O=C(O)C(F)(F)F. The molecule has 0 aliphatic carbocycles. The van der Waals surface area contributed by atoms with Crippen molar-refractivity contribution < 1.29 is 37.4 Å². The van der Waals surface area contributed by atoms with Gasteiger partial charge in [-0.1, -0.05) is 12.1 Å². The lowest BCUT2D eigenvalue weighted by Crippen LogP contribution is -2.47. The predicted octanol–water partition coefficient (Wildman–Crippen LogP) is 2.94. The molecular weight excluding hydrogens is 615 g/mol. The molecule has 1 aromatic carbocycles. The maximum absolute atomic E-state index is 12.3. The van der Waals surface area contributed by atoms with E-state index in [0.29, 0.717) is 12.2 Å². The van der Waals surface area contributed by atoms with Gasteiger partial charge in [0.15, 0.2) is 5.13 Å². The summed E-state index contributed by atoms with van der Waals surface area (Å²) in [6, 6.07) is 11.5. The standard InChI is InChI=1S/C27H33N7O3S.C2HF3O2/c35-25(29-8-1-11-32-12-14-33(15-13-32)23-6-9-28-10-7-23)26(36)30-22-4-2-21(3-5-22)24-20-38-27(31-24)34-16-18-37-19-17-34;3-2(4,5)1(6)7/h2-7,9-10,20H,1,8,11-19H2,(H,29,35)(H,30,36);(H,6,7). The number of hydrogen-bond acceptors (Lipinski definition) is 10. The molecule has 2 amide bonds. The number of aliphatic carboxylic acids is 1. The van der Waals surface area contributed by atoms with Crippen molar-refractivity contribution >= 4 is 45.6 Å². The van der Waals surface area contributed by atoms with Gasteiger partial charge in [0.2, 0.25) is 0 Å². The molecule has 16 heteroatoms. The number of carbonyl (C=O) groups is 3. The largest absolute Gasteiger partial charge is 0.490 e. The summed E-state index contributed by atoms with van der Waals surface area (Å²) in [7, 11) is 0. The first-order valence-electron chi connectivity index (χ1n) is 14.3. The first-order valence-corrected chi connectivity index (χ1v) is 15.1. The van der Waals surface area contributed by atoms with Crippen LogP contribution in [-0.4, -0.2) is 110 Å². The number of carbonyl (C=O) groups excluding carboxylic acids is 2. The van der Waals surface area contributed by atoms with Crippen LogP contribution in [0.1, 0.15) is 6.42 Å². The van der Waals surface area contributed by atoms with Crippen molar-refractivity contribution in [3.8, 4) is 11.3 Å². The van der Waals surface area contributed by atoms with E-state index in [1.54, 1.807) is 23.5 Å². The third kappa shape index (κ3) is 10.4. The van der Waals surface area contributed by atoms with Crippen molar-refractivity contribution in [2.24, 2.45) is 0 Å². The van der Waals surface area contributed by atoms with E-state index >= 15 is 0 Å². The number of carboxylic acids is 1. The summed E-state index contributed by atoms with van der Waals surface area (Å²) >= 11 is 1.62. The third-order valence-corrected chi connectivity index (χ3v) is 7.90. The predicted molar refractivity (Wildman–Crippen MR) is 163 cm³/mol. The van der Waals surface area contributed by atoms with Crippen molar-refractivity contribution in [3.05, 3.63) is 54.2 Å². The monoisotopic (exact) mass is 649 g/mol. The Morgan fingerprint density at radius 3 is 2.18 bits per heavy atom. The van der Waals surface area contributed by atoms with Crippen LogP contribution in [0.15, 0.2) is 54.2 Å². The van der Waals surface area contributed by atoms with Crippen LogP contribution in [0.3, 0.4) is 0 Å². The number of benzene rings is 1. The number of ether oxygens (including phenoxy) is 1. The Labute approximate surface area is 261 Å². The molecule has 0 spiro atoms. The maximum Gasteiger partial charge on any atom is 0.490 e. The van der Waals surface area contributed by atoms with Gasteiger partial charge in [0.25, 0.3) is 0 Å². The smallest absolute Gasteiger partial charge is 0.475 e. The van der Waals surface area contributed by atoms with Crippen LogP contribution in [0.5, 0.6) is 0 Å². The molecule has 3 aromatic rings. The zero-order valence-electron chi connectivity index (χ0n) is 24.3. The summed E-state index contributed by atoms with van der Waals surface area (Å²) in [5, 5.41) is 15.6. The minimum Gasteiger partial charge on any atom is -0.475 e. The Kier molecular flexibility index (Phi) is 12.1. The zero-order chi connectivity index (χ0) is 32.2. The van der Waals surface area contributed by atoms with Crippen LogP contribution in [0, 0.1) is 0 Å². The Hall–Kier alpha value is -4.28. The van der Waals surface area contributed by atoms with Gasteiger partial charge < -0.3 is 30.3 Å². The molecule has 0 unspecified atom stereocenters. The van der Waals surface area contributed by atoms with Gasteiger partial charge in [0, 0.05) is 80.5 Å². The maximum atomic E-state index is 12.3. The van der Waals surface area contributed by atoms with Gasteiger partial charge in [0.05, 0.1) is 18.9 Å². The number of halogens is 3. The molecule has 45 heavy (non-hydrogen) atoms. The van der Waals surface area contributed by atoms with Crippen molar-refractivity contribution in [1.29, 1.82) is 0 Å². The zero-order valence-corrected chi connectivity index (χ0v) is 25.1. The molecular formula is C29H34F3N7O5S. The average molecular weight is 650 g/mol. The van der Waals surface area contributed by atoms with E-state index in [2.05, 4.69) is 30.3 Å². The number of anilines is 3. The molecule has 2 fully saturated rings. The van der Waals surface area contributed by atoms with Crippen molar-refractivity contribution in [1.82, 2.24) is 20.2 Å². The molecule has 4 heterocycles. The number of pyridine rings is 1. The number of thiazole rings is 1. The molecule has 0 saturated carbocycles. The van der Waals surface area contributed by atoms with Gasteiger partial charge in [-0.25, -0.2) is 9.78 Å². The molecule has 0 radical (unpaired) electrons. The van der Waals surface area contributed by atoms with Crippen LogP contribution < -0.4 is 20.4 Å². The summed E-state index contributed by atoms with van der Waals surface area (Å²) in [6.45, 7) is 8.38. The van der Waals surface area contributed by atoms with E-state index in [1.165, 1.54) is 5.69 Å². The number of nitrogens with zero attached hydrogens (tertiary/aromatic N) is 5. The third-order valence-electron chi connectivity index (χ3n) is 7.00. The van der Waals surface area contributed by atoms with Gasteiger partial charge in [0.1, 0.15) is 0 Å². The second kappa shape index (κ2) is 16.2. The van der Waals surface area contributed by atoms with Crippen molar-refractivity contribution in [3.63, 3.8) is 0 Å². The number of morpholine rings is 1. The van der Waals surface area contributed by atoms with Crippen molar-refractivity contribution in [2.45, 2.75) is 12.6 Å². The molecule has 12 nitrogen and oxygen atoms in total. The summed E-state index contributed by atoms with van der Waals surface area (Å²) in [6.07, 6.45) is -0.649. The Balaban J connectivity index is 0.000000591. The highest BCUT2D eigenvalue weighted by Gasteiger charge is 2.38. The van der Waals surface area contributed by atoms with E-state index in [1.807, 2.05) is 42.0 Å². The lowest BCUT2D eigenvalue weighted by Gasteiger charge is -2.36. The number of aromatic nitrogens is 2. The second-order valence-electron chi connectivity index (χ2n) is 10.1. The highest BCUT2D eigenvalue weighted by molar-refractivity contribution is 7.14. The number of piperazine rings is 1. The van der Waals surface area contributed by atoms with Crippen LogP contribution in [-0.2, 0) is 19.1 Å². The van der Waals surface area contributed by atoms with Gasteiger partial charge in [-0.15, -0.1) is 11.3 Å². The van der Waals surface area contributed by atoms with Crippen LogP contribution in [0.4, 0.5) is 29.7 Å². The number of rotatable bonds is 8. The fourth-order valence-corrected chi connectivity index (χ4v) is 5.47. The molecule has 0 bridgehead atoms. The highest BCUT2D eigenvalue weighted by Crippen LogP contribution is 2.28. The molecule has 242 valence electrons. The van der Waals surface area contributed by atoms with Gasteiger partial charge in [-0.05, 0) is 37.2 Å². The van der Waals surface area contributed by atoms with Gasteiger partial charge >= 0.3 is 24.0 Å². The second-order valence-corrected chi connectivity index (χ2v) is 10.9. The highest BCUT2D eigenvalue weighted by atomic mass is 32.1. The summed E-state index contributed by atoms with van der Waals surface area (Å²) in [4.78, 5) is 49.3. The average Bonchev–Trinajstić information content (AvgIpc) is 3.55. The number of carboxylic acid groups (broad SMARTS) is 1. The number of nitrogens with one attached hydrogen (secondary N) is 2. The molecule has 2 aliphatic rings. The lowest BCUT2D eigenvalue weighted by molar-refractivity contribution is -0.192. The number of alkyl halides is 3. The van der Waals surface area contributed by atoms with E-state index < -0.39 is 24.0 Å². The molecule has 5 rings (SSSR count). The minimum absolute atomic E-state index is 0.463. The van der Waals surface area contributed by atoms with E-state index in [0.717, 1.165) is 81.8 Å². The molecule has 2 saturated heterocycles.